The molecule has 0 aliphatic carbocycles. The number of rotatable bonds is 8. The molecular weight excluding hydrogens is 424 g/mol. The molecule has 0 aliphatic rings. The van der Waals surface area contributed by atoms with E-state index in [1.165, 1.54) is 18.2 Å². The van der Waals surface area contributed by atoms with Gasteiger partial charge in [-0.25, -0.2) is 8.42 Å². The Morgan fingerprint density at radius 1 is 1.00 bits per heavy atom. The van der Waals surface area contributed by atoms with E-state index in [1.54, 1.807) is 30.3 Å². The number of hydrogen-bond donors (Lipinski definition) is 2. The van der Waals surface area contributed by atoms with E-state index >= 15 is 0 Å². The fraction of sp³-hybridized carbons (Fsp3) is 0.136. The maximum atomic E-state index is 12.7. The Kier molecular flexibility index (Phi) is 6.97. The Hall–Kier alpha value is -3.03. The van der Waals surface area contributed by atoms with Crippen LogP contribution in [0, 0.1) is 6.92 Å². The van der Waals surface area contributed by atoms with Crippen LogP contribution in [0.1, 0.15) is 15.9 Å². The highest BCUT2D eigenvalue weighted by molar-refractivity contribution is 7.92. The number of nitrogens with one attached hydrogen (secondary N) is 2. The molecule has 2 N–H and O–H groups in total. The number of amides is 1. The molecule has 3 aromatic rings. The molecule has 8 heteroatoms. The van der Waals surface area contributed by atoms with Crippen molar-refractivity contribution in [2.75, 3.05) is 17.9 Å². The molecule has 3 rings (SSSR count). The number of aryl methyl sites for hydroxylation is 1. The van der Waals surface area contributed by atoms with Crippen LogP contribution >= 0.6 is 11.6 Å². The van der Waals surface area contributed by atoms with Crippen molar-refractivity contribution in [2.45, 2.75) is 11.8 Å². The summed E-state index contributed by atoms with van der Waals surface area (Å²) in [6.07, 6.45) is 0. The summed E-state index contributed by atoms with van der Waals surface area (Å²) in [7, 11) is -3.90. The number of hydrogen-bond acceptors (Lipinski definition) is 4. The van der Waals surface area contributed by atoms with Crippen LogP contribution < -0.4 is 14.8 Å². The molecule has 0 radical (unpaired) electrons. The summed E-state index contributed by atoms with van der Waals surface area (Å²) in [5.41, 5.74) is 1.58. The monoisotopic (exact) mass is 444 g/mol. The molecule has 0 fully saturated rings. The van der Waals surface area contributed by atoms with Gasteiger partial charge >= 0.3 is 0 Å². The van der Waals surface area contributed by atoms with Gasteiger partial charge in [0.2, 0.25) is 0 Å². The molecule has 0 atom stereocenters. The van der Waals surface area contributed by atoms with Crippen LogP contribution in [-0.4, -0.2) is 27.5 Å². The van der Waals surface area contributed by atoms with Gasteiger partial charge in [0.05, 0.1) is 22.2 Å². The Morgan fingerprint density at radius 2 is 1.77 bits per heavy atom. The number of halogens is 1. The second-order valence-corrected chi connectivity index (χ2v) is 8.62. The molecular formula is C22H21ClN2O4S. The molecule has 1 amide bonds. The van der Waals surface area contributed by atoms with Crippen LogP contribution in [0.5, 0.6) is 5.75 Å². The summed E-state index contributed by atoms with van der Waals surface area (Å²) >= 11 is 6.02. The molecule has 6 nitrogen and oxygen atoms in total. The molecule has 156 valence electrons. The molecule has 0 aliphatic heterocycles. The summed E-state index contributed by atoms with van der Waals surface area (Å²) in [6.45, 7) is 2.54. The van der Waals surface area contributed by atoms with Crippen LogP contribution in [0.2, 0.25) is 5.02 Å². The average Bonchev–Trinajstić information content (AvgIpc) is 2.73. The fourth-order valence-electron chi connectivity index (χ4n) is 2.69. The van der Waals surface area contributed by atoms with Gasteiger partial charge in [-0.3, -0.25) is 9.52 Å². The molecule has 0 bridgehead atoms. The summed E-state index contributed by atoms with van der Waals surface area (Å²) in [6, 6.07) is 19.9. The molecule has 0 aromatic heterocycles. The lowest BCUT2D eigenvalue weighted by Crippen LogP contribution is -2.28. The van der Waals surface area contributed by atoms with E-state index in [2.05, 4.69) is 10.0 Å². The zero-order valence-corrected chi connectivity index (χ0v) is 17.8. The Morgan fingerprint density at radius 3 is 2.53 bits per heavy atom. The predicted molar refractivity (Wildman–Crippen MR) is 118 cm³/mol. The number of benzene rings is 3. The zero-order chi connectivity index (χ0) is 21.6. The molecule has 0 unspecified atom stereocenters. The van der Waals surface area contributed by atoms with Gasteiger partial charge in [0, 0.05) is 5.56 Å². The number of sulfonamides is 1. The highest BCUT2D eigenvalue weighted by Gasteiger charge is 2.17. The number of carbonyl (C=O) groups excluding carboxylic acids is 1. The van der Waals surface area contributed by atoms with Gasteiger partial charge in [-0.05, 0) is 55.0 Å². The van der Waals surface area contributed by atoms with Crippen molar-refractivity contribution in [1.82, 2.24) is 5.32 Å². The van der Waals surface area contributed by atoms with E-state index in [9.17, 15) is 13.2 Å². The quantitative estimate of drug-likeness (QED) is 0.508. The minimum atomic E-state index is -3.90. The van der Waals surface area contributed by atoms with E-state index in [0.29, 0.717) is 6.61 Å². The van der Waals surface area contributed by atoms with Gasteiger partial charge < -0.3 is 10.1 Å². The van der Waals surface area contributed by atoms with Crippen molar-refractivity contribution in [1.29, 1.82) is 0 Å². The summed E-state index contributed by atoms with van der Waals surface area (Å²) in [5.74, 6) is 0.334. The van der Waals surface area contributed by atoms with Crippen LogP contribution in [0.4, 0.5) is 5.69 Å². The predicted octanol–water partition coefficient (Wildman–Crippen LogP) is 4.26. The maximum absolute atomic E-state index is 12.7. The van der Waals surface area contributed by atoms with Gasteiger partial charge in [0.15, 0.2) is 0 Å². The summed E-state index contributed by atoms with van der Waals surface area (Å²) < 4.78 is 33.3. The second kappa shape index (κ2) is 9.65. The van der Waals surface area contributed by atoms with Gasteiger partial charge in [0.25, 0.3) is 15.9 Å². The topological polar surface area (TPSA) is 84.5 Å². The van der Waals surface area contributed by atoms with Crippen molar-refractivity contribution < 1.29 is 17.9 Å². The molecule has 0 spiro atoms. The average molecular weight is 445 g/mol. The Balaban J connectivity index is 1.61. The molecule has 0 saturated heterocycles. The van der Waals surface area contributed by atoms with Gasteiger partial charge in [-0.1, -0.05) is 41.9 Å². The minimum absolute atomic E-state index is 0.0360. The van der Waals surface area contributed by atoms with Crippen molar-refractivity contribution in [3.05, 3.63) is 88.9 Å². The van der Waals surface area contributed by atoms with Gasteiger partial charge in [-0.2, -0.15) is 0 Å². The minimum Gasteiger partial charge on any atom is -0.492 e. The number of carbonyl (C=O) groups is 1. The third-order valence-electron chi connectivity index (χ3n) is 4.17. The molecule has 3 aromatic carbocycles. The normalized spacial score (nSPS) is 11.0. The lowest BCUT2D eigenvalue weighted by Gasteiger charge is -2.11. The van der Waals surface area contributed by atoms with E-state index in [4.69, 9.17) is 16.3 Å². The summed E-state index contributed by atoms with van der Waals surface area (Å²) in [4.78, 5) is 12.4. The van der Waals surface area contributed by atoms with Crippen molar-refractivity contribution in [2.24, 2.45) is 0 Å². The number of para-hydroxylation sites is 1. The number of anilines is 1. The highest BCUT2D eigenvalue weighted by Crippen LogP contribution is 2.24. The van der Waals surface area contributed by atoms with E-state index < -0.39 is 15.9 Å². The van der Waals surface area contributed by atoms with Crippen LogP contribution in [0.3, 0.4) is 0 Å². The standard InChI is InChI=1S/C22H21ClN2O4S/c1-16-6-4-8-18(14-16)29-13-12-24-22(26)17-7-5-9-19(15-17)30(27,28)25-21-11-3-2-10-20(21)23/h2-11,14-15,25H,12-13H2,1H3,(H,24,26). The molecule has 30 heavy (non-hydrogen) atoms. The largest absolute Gasteiger partial charge is 0.492 e. The highest BCUT2D eigenvalue weighted by atomic mass is 35.5. The van der Waals surface area contributed by atoms with Crippen LogP contribution in [-0.2, 0) is 10.0 Å². The number of ether oxygens (including phenoxy) is 1. The van der Waals surface area contributed by atoms with Crippen LogP contribution in [0.15, 0.2) is 77.7 Å². The smallest absolute Gasteiger partial charge is 0.261 e. The SMILES string of the molecule is Cc1cccc(OCCNC(=O)c2cccc(S(=O)(=O)Nc3ccccc3Cl)c2)c1. The second-order valence-electron chi connectivity index (χ2n) is 6.53. The third-order valence-corrected chi connectivity index (χ3v) is 5.86. The molecule has 0 saturated carbocycles. The lowest BCUT2D eigenvalue weighted by molar-refractivity contribution is 0.0946. The third kappa shape index (κ3) is 5.75. The Bertz CT molecular complexity index is 1150. The summed E-state index contributed by atoms with van der Waals surface area (Å²) in [5, 5.41) is 3.00. The molecule has 0 heterocycles. The Labute approximate surface area is 180 Å². The lowest BCUT2D eigenvalue weighted by atomic mass is 10.2. The first-order chi connectivity index (χ1) is 14.3. The van der Waals surface area contributed by atoms with Crippen molar-refractivity contribution in [3.63, 3.8) is 0 Å². The van der Waals surface area contributed by atoms with Crippen molar-refractivity contribution in [3.8, 4) is 5.75 Å². The first-order valence-corrected chi connectivity index (χ1v) is 11.1. The zero-order valence-electron chi connectivity index (χ0n) is 16.3. The van der Waals surface area contributed by atoms with Crippen molar-refractivity contribution >= 4 is 33.2 Å². The fourth-order valence-corrected chi connectivity index (χ4v) is 4.06. The van der Waals surface area contributed by atoms with E-state index in [0.717, 1.165) is 11.3 Å². The first-order valence-electron chi connectivity index (χ1n) is 9.20. The van der Waals surface area contributed by atoms with Crippen LogP contribution in [0.25, 0.3) is 0 Å². The van der Waals surface area contributed by atoms with E-state index in [1.807, 2.05) is 31.2 Å². The van der Waals surface area contributed by atoms with Gasteiger partial charge in [0.1, 0.15) is 12.4 Å². The maximum Gasteiger partial charge on any atom is 0.261 e. The van der Waals surface area contributed by atoms with E-state index in [-0.39, 0.29) is 27.7 Å². The van der Waals surface area contributed by atoms with Gasteiger partial charge in [-0.15, -0.1) is 0 Å². The first kappa shape index (κ1) is 21.7.